The van der Waals surface area contributed by atoms with Crippen LogP contribution in [0.1, 0.15) is 12.1 Å². The van der Waals surface area contributed by atoms with E-state index in [0.717, 1.165) is 22.3 Å². The van der Waals surface area contributed by atoms with Crippen LogP contribution in [0.15, 0.2) is 36.4 Å². The fraction of sp³-hybridized carbons (Fsp3) is 0.312. The minimum atomic E-state index is -0.682. The van der Waals surface area contributed by atoms with Crippen molar-refractivity contribution in [1.29, 1.82) is 0 Å². The summed E-state index contributed by atoms with van der Waals surface area (Å²) in [6.45, 7) is 0.224. The number of hydrogen-bond acceptors (Lipinski definition) is 4. The molecule has 2 fully saturated rings. The molecule has 6 heteroatoms. The number of nitrogens with one attached hydrogen (secondary N) is 1. The molecule has 0 aliphatic carbocycles. The van der Waals surface area contributed by atoms with Crippen molar-refractivity contribution in [2.75, 3.05) is 11.5 Å². The quantitative estimate of drug-likeness (QED) is 0.863. The van der Waals surface area contributed by atoms with Crippen LogP contribution in [0.5, 0.6) is 0 Å². The third-order valence-electron chi connectivity index (χ3n) is 4.24. The predicted octanol–water partition coefficient (Wildman–Crippen LogP) is 2.16. The average molecular weight is 313 g/mol. The molecule has 22 heavy (non-hydrogen) atoms. The summed E-state index contributed by atoms with van der Waals surface area (Å²) in [6.07, 6.45) is 0.712. The number of fused-ring (bicyclic) bond motifs is 1. The lowest BCUT2D eigenvalue weighted by Crippen LogP contribution is -2.46. The lowest BCUT2D eigenvalue weighted by atomic mass is 9.99. The van der Waals surface area contributed by atoms with E-state index >= 15 is 0 Å². The van der Waals surface area contributed by atoms with E-state index in [1.54, 1.807) is 11.8 Å². The topological polar surface area (TPSA) is 62.3 Å². The predicted molar refractivity (Wildman–Crippen MR) is 85.5 cm³/mol. The van der Waals surface area contributed by atoms with Crippen LogP contribution in [-0.2, 0) is 11.3 Å². The molecule has 4 rings (SSSR count). The summed E-state index contributed by atoms with van der Waals surface area (Å²) in [7, 11) is 0. The van der Waals surface area contributed by atoms with Gasteiger partial charge in [-0.3, -0.25) is 14.7 Å². The second kappa shape index (κ2) is 4.98. The van der Waals surface area contributed by atoms with Gasteiger partial charge in [0.05, 0.1) is 17.8 Å². The highest BCUT2D eigenvalue weighted by Crippen LogP contribution is 2.33. The monoisotopic (exact) mass is 313 g/mol. The Labute approximate surface area is 132 Å². The molecule has 1 spiro atoms. The molecule has 1 atom stereocenters. The van der Waals surface area contributed by atoms with Gasteiger partial charge >= 0.3 is 6.03 Å². The van der Waals surface area contributed by atoms with Gasteiger partial charge in [0.2, 0.25) is 0 Å². The molecular formula is C16H15N3O2S. The number of benzene rings is 1. The number of aromatic nitrogens is 1. The summed E-state index contributed by atoms with van der Waals surface area (Å²) in [5.74, 6) is 1.46. The van der Waals surface area contributed by atoms with Crippen LogP contribution in [0, 0.1) is 0 Å². The smallest absolute Gasteiger partial charge is 0.322 e. The number of amides is 3. The summed E-state index contributed by atoms with van der Waals surface area (Å²) >= 11 is 1.71. The van der Waals surface area contributed by atoms with Crippen molar-refractivity contribution in [3.05, 3.63) is 42.1 Å². The molecule has 2 saturated heterocycles. The van der Waals surface area contributed by atoms with Crippen molar-refractivity contribution in [1.82, 2.24) is 15.2 Å². The maximum absolute atomic E-state index is 12.6. The number of imide groups is 1. The van der Waals surface area contributed by atoms with Gasteiger partial charge in [-0.25, -0.2) is 4.79 Å². The molecule has 1 N–H and O–H groups in total. The number of thioether (sulfide) groups is 1. The molecule has 2 aliphatic heterocycles. The van der Waals surface area contributed by atoms with Crippen molar-refractivity contribution in [3.63, 3.8) is 0 Å². The zero-order chi connectivity index (χ0) is 15.2. The van der Waals surface area contributed by atoms with E-state index in [0.29, 0.717) is 12.2 Å². The third-order valence-corrected chi connectivity index (χ3v) is 5.43. The van der Waals surface area contributed by atoms with Crippen molar-refractivity contribution < 1.29 is 9.59 Å². The maximum Gasteiger partial charge on any atom is 0.325 e. The summed E-state index contributed by atoms with van der Waals surface area (Å²) in [4.78, 5) is 30.6. The number of urea groups is 1. The molecular weight excluding hydrogens is 298 g/mol. The van der Waals surface area contributed by atoms with Gasteiger partial charge in [0.15, 0.2) is 0 Å². The number of hydrogen-bond donors (Lipinski definition) is 1. The minimum absolute atomic E-state index is 0.113. The lowest BCUT2D eigenvalue weighted by molar-refractivity contribution is -0.130. The molecule has 5 nitrogen and oxygen atoms in total. The number of carbonyl (C=O) groups excluding carboxylic acids is 2. The fourth-order valence-electron chi connectivity index (χ4n) is 3.01. The lowest BCUT2D eigenvalue weighted by Gasteiger charge is -2.19. The van der Waals surface area contributed by atoms with Gasteiger partial charge in [-0.1, -0.05) is 24.3 Å². The number of carbonyl (C=O) groups is 2. The number of para-hydroxylation sites is 1. The van der Waals surface area contributed by atoms with Crippen LogP contribution in [0.2, 0.25) is 0 Å². The average Bonchev–Trinajstić information content (AvgIpc) is 3.09. The van der Waals surface area contributed by atoms with Crippen LogP contribution >= 0.6 is 11.8 Å². The molecule has 0 bridgehead atoms. The number of nitrogens with zero attached hydrogens (tertiary/aromatic N) is 2. The Hall–Kier alpha value is -2.08. The van der Waals surface area contributed by atoms with Gasteiger partial charge in [-0.2, -0.15) is 11.8 Å². The van der Waals surface area contributed by atoms with Gasteiger partial charge in [-0.15, -0.1) is 0 Å². The van der Waals surface area contributed by atoms with Gasteiger partial charge in [-0.05, 0) is 24.3 Å². The van der Waals surface area contributed by atoms with Gasteiger partial charge in [0.25, 0.3) is 5.91 Å². The van der Waals surface area contributed by atoms with Crippen molar-refractivity contribution >= 4 is 34.6 Å². The molecule has 3 heterocycles. The van der Waals surface area contributed by atoms with Crippen LogP contribution in [0.4, 0.5) is 4.79 Å². The number of rotatable bonds is 2. The Morgan fingerprint density at radius 2 is 2.09 bits per heavy atom. The summed E-state index contributed by atoms with van der Waals surface area (Å²) < 4.78 is 0. The standard InChI is InChI=1S/C16H15N3O2S/c20-14-16(7-8-22-10-16)18-15(21)19(14)9-12-6-5-11-3-1-2-4-13(11)17-12/h1-6H,7-10H2,(H,18,21)/t16-/m0/s1. The third kappa shape index (κ3) is 2.06. The molecule has 3 amide bonds. The van der Waals surface area contributed by atoms with Crippen LogP contribution in [0.25, 0.3) is 10.9 Å². The molecule has 1 aromatic heterocycles. The maximum atomic E-state index is 12.6. The highest BCUT2D eigenvalue weighted by molar-refractivity contribution is 7.99. The second-order valence-corrected chi connectivity index (χ2v) is 6.81. The van der Waals surface area contributed by atoms with Gasteiger partial charge < -0.3 is 5.32 Å². The molecule has 0 radical (unpaired) electrons. The van der Waals surface area contributed by atoms with Gasteiger partial charge in [0.1, 0.15) is 5.54 Å². The van der Waals surface area contributed by atoms with E-state index in [2.05, 4.69) is 10.3 Å². The summed E-state index contributed by atoms with van der Waals surface area (Å²) in [5.41, 5.74) is 0.918. The SMILES string of the molecule is O=C1N[C@]2(CCSC2)C(=O)N1Cc1ccc2ccccc2n1. The van der Waals surface area contributed by atoms with E-state index in [4.69, 9.17) is 0 Å². The highest BCUT2D eigenvalue weighted by Gasteiger charge is 2.52. The Kier molecular flexibility index (Phi) is 3.07. The highest BCUT2D eigenvalue weighted by atomic mass is 32.2. The second-order valence-electron chi connectivity index (χ2n) is 5.70. The molecule has 0 saturated carbocycles. The summed E-state index contributed by atoms with van der Waals surface area (Å²) in [6, 6.07) is 11.3. The molecule has 0 unspecified atom stereocenters. The first-order valence-corrected chi connectivity index (χ1v) is 8.40. The van der Waals surface area contributed by atoms with Crippen LogP contribution in [0.3, 0.4) is 0 Å². The first kappa shape index (κ1) is 13.6. The molecule has 2 aromatic rings. The zero-order valence-electron chi connectivity index (χ0n) is 11.9. The Balaban J connectivity index is 1.62. The largest absolute Gasteiger partial charge is 0.325 e. The molecule has 2 aliphatic rings. The van der Waals surface area contributed by atoms with E-state index in [1.165, 1.54) is 4.90 Å². The van der Waals surface area contributed by atoms with E-state index < -0.39 is 5.54 Å². The van der Waals surface area contributed by atoms with Crippen molar-refractivity contribution in [2.24, 2.45) is 0 Å². The van der Waals surface area contributed by atoms with Crippen LogP contribution < -0.4 is 5.32 Å². The normalized spacial score (nSPS) is 24.5. The van der Waals surface area contributed by atoms with Crippen LogP contribution in [-0.4, -0.2) is 38.9 Å². The van der Waals surface area contributed by atoms with Crippen molar-refractivity contribution in [2.45, 2.75) is 18.5 Å². The minimum Gasteiger partial charge on any atom is -0.322 e. The molecule has 112 valence electrons. The fourth-order valence-corrected chi connectivity index (χ4v) is 4.34. The Bertz CT molecular complexity index is 771. The Morgan fingerprint density at radius 3 is 2.91 bits per heavy atom. The number of pyridine rings is 1. The van der Waals surface area contributed by atoms with Crippen molar-refractivity contribution in [3.8, 4) is 0 Å². The van der Waals surface area contributed by atoms with Gasteiger partial charge in [0, 0.05) is 11.1 Å². The first-order chi connectivity index (χ1) is 10.7. The summed E-state index contributed by atoms with van der Waals surface area (Å²) in [5, 5.41) is 3.92. The Morgan fingerprint density at radius 1 is 1.23 bits per heavy atom. The molecule has 1 aromatic carbocycles. The van der Waals surface area contributed by atoms with E-state index in [-0.39, 0.29) is 18.5 Å². The van der Waals surface area contributed by atoms with E-state index in [9.17, 15) is 9.59 Å². The van der Waals surface area contributed by atoms with E-state index in [1.807, 2.05) is 36.4 Å². The first-order valence-electron chi connectivity index (χ1n) is 7.24. The zero-order valence-corrected chi connectivity index (χ0v) is 12.7.